The van der Waals surface area contributed by atoms with Crippen molar-refractivity contribution in [1.82, 2.24) is 14.9 Å². The Kier molecular flexibility index (Phi) is 2.83. The zero-order valence-electron chi connectivity index (χ0n) is 8.79. The summed E-state index contributed by atoms with van der Waals surface area (Å²) < 4.78 is 3.84. The Morgan fingerprint density at radius 2 is 2.36 bits per heavy atom. The van der Waals surface area contributed by atoms with E-state index >= 15 is 0 Å². The van der Waals surface area contributed by atoms with Gasteiger partial charge >= 0.3 is 0 Å². The van der Waals surface area contributed by atoms with Gasteiger partial charge < -0.3 is 5.32 Å². The van der Waals surface area contributed by atoms with Gasteiger partial charge in [0.25, 0.3) is 0 Å². The highest BCUT2D eigenvalue weighted by Gasteiger charge is 2.44. The van der Waals surface area contributed by atoms with Crippen LogP contribution in [0.25, 0.3) is 0 Å². The maximum atomic E-state index is 4.01. The minimum Gasteiger partial charge on any atom is -0.311 e. The average molecular weight is 211 g/mol. The SMILES string of the molecule is CC(C)C1(CNCc2csnn2)CC1. The second-order valence-corrected chi connectivity index (χ2v) is 5.13. The second-order valence-electron chi connectivity index (χ2n) is 4.52. The Morgan fingerprint density at radius 1 is 1.57 bits per heavy atom. The molecule has 3 nitrogen and oxygen atoms in total. The lowest BCUT2D eigenvalue weighted by molar-refractivity contribution is 0.337. The molecule has 1 fully saturated rings. The van der Waals surface area contributed by atoms with Crippen molar-refractivity contribution >= 4 is 11.5 Å². The third-order valence-electron chi connectivity index (χ3n) is 3.31. The van der Waals surface area contributed by atoms with Gasteiger partial charge in [0.2, 0.25) is 0 Å². The molecular formula is C10H17N3S. The Morgan fingerprint density at radius 3 is 2.86 bits per heavy atom. The lowest BCUT2D eigenvalue weighted by atomic mass is 9.92. The summed E-state index contributed by atoms with van der Waals surface area (Å²) in [6, 6.07) is 0. The molecule has 0 amide bonds. The third kappa shape index (κ3) is 2.12. The molecule has 0 saturated heterocycles. The molecule has 2 rings (SSSR count). The van der Waals surface area contributed by atoms with E-state index in [-0.39, 0.29) is 0 Å². The van der Waals surface area contributed by atoms with E-state index in [1.165, 1.54) is 24.4 Å². The van der Waals surface area contributed by atoms with Crippen LogP contribution >= 0.6 is 11.5 Å². The molecule has 4 heteroatoms. The van der Waals surface area contributed by atoms with Crippen molar-refractivity contribution in [3.63, 3.8) is 0 Å². The van der Waals surface area contributed by atoms with Crippen LogP contribution in [0, 0.1) is 11.3 Å². The fourth-order valence-corrected chi connectivity index (χ4v) is 2.27. The number of hydrogen-bond acceptors (Lipinski definition) is 4. The first-order valence-electron chi connectivity index (χ1n) is 5.20. The molecule has 1 heterocycles. The third-order valence-corrected chi connectivity index (χ3v) is 3.86. The van der Waals surface area contributed by atoms with Gasteiger partial charge in [0.05, 0.1) is 5.69 Å². The molecular weight excluding hydrogens is 194 g/mol. The van der Waals surface area contributed by atoms with Crippen LogP contribution < -0.4 is 5.32 Å². The van der Waals surface area contributed by atoms with E-state index in [9.17, 15) is 0 Å². The van der Waals surface area contributed by atoms with Gasteiger partial charge in [0.15, 0.2) is 0 Å². The molecule has 1 aromatic heterocycles. The van der Waals surface area contributed by atoms with Gasteiger partial charge in [0.1, 0.15) is 0 Å². The number of hydrogen-bond donors (Lipinski definition) is 1. The highest BCUT2D eigenvalue weighted by Crippen LogP contribution is 2.51. The number of nitrogens with one attached hydrogen (secondary N) is 1. The summed E-state index contributed by atoms with van der Waals surface area (Å²) in [7, 11) is 0. The molecule has 1 aromatic rings. The van der Waals surface area contributed by atoms with Gasteiger partial charge in [-0.05, 0) is 35.7 Å². The van der Waals surface area contributed by atoms with Crippen molar-refractivity contribution in [2.24, 2.45) is 11.3 Å². The topological polar surface area (TPSA) is 37.8 Å². The van der Waals surface area contributed by atoms with Gasteiger partial charge in [0, 0.05) is 18.5 Å². The monoisotopic (exact) mass is 211 g/mol. The first-order valence-corrected chi connectivity index (χ1v) is 6.03. The van der Waals surface area contributed by atoms with Crippen LogP contribution in [0.4, 0.5) is 0 Å². The summed E-state index contributed by atoms with van der Waals surface area (Å²) in [6.45, 7) is 6.63. The van der Waals surface area contributed by atoms with E-state index in [4.69, 9.17) is 0 Å². The van der Waals surface area contributed by atoms with Crippen molar-refractivity contribution in [3.05, 3.63) is 11.1 Å². The molecule has 0 radical (unpaired) electrons. The Hall–Kier alpha value is -0.480. The zero-order valence-corrected chi connectivity index (χ0v) is 9.60. The normalized spacial score (nSPS) is 18.8. The van der Waals surface area contributed by atoms with Crippen molar-refractivity contribution in [2.45, 2.75) is 33.2 Å². The van der Waals surface area contributed by atoms with E-state index in [0.717, 1.165) is 24.7 Å². The number of aromatic nitrogens is 2. The van der Waals surface area contributed by atoms with Crippen LogP contribution in [0.3, 0.4) is 0 Å². The zero-order chi connectivity index (χ0) is 10.0. The quantitative estimate of drug-likeness (QED) is 0.810. The Balaban J connectivity index is 1.73. The van der Waals surface area contributed by atoms with Gasteiger partial charge in [-0.15, -0.1) is 5.10 Å². The number of rotatable bonds is 5. The summed E-state index contributed by atoms with van der Waals surface area (Å²) in [5, 5.41) is 9.49. The largest absolute Gasteiger partial charge is 0.311 e. The van der Waals surface area contributed by atoms with Crippen molar-refractivity contribution in [3.8, 4) is 0 Å². The molecule has 0 spiro atoms. The van der Waals surface area contributed by atoms with E-state index in [0.29, 0.717) is 5.41 Å². The fraction of sp³-hybridized carbons (Fsp3) is 0.800. The Bertz CT molecular complexity index is 278. The Labute approximate surface area is 89.1 Å². The lowest BCUT2D eigenvalue weighted by Gasteiger charge is -2.19. The highest BCUT2D eigenvalue weighted by atomic mass is 32.1. The summed E-state index contributed by atoms with van der Waals surface area (Å²) >= 11 is 1.42. The molecule has 78 valence electrons. The van der Waals surface area contributed by atoms with Gasteiger partial charge in [-0.3, -0.25) is 0 Å². The molecule has 1 saturated carbocycles. The standard InChI is InChI=1S/C10H17N3S/c1-8(2)10(3-4-10)7-11-5-9-6-14-13-12-9/h6,8,11H,3-5,7H2,1-2H3. The molecule has 14 heavy (non-hydrogen) atoms. The first-order chi connectivity index (χ1) is 6.73. The molecule has 0 aromatic carbocycles. The minimum atomic E-state index is 0.587. The van der Waals surface area contributed by atoms with Gasteiger partial charge in [-0.25, -0.2) is 0 Å². The molecule has 1 N–H and O–H groups in total. The first kappa shape index (κ1) is 10.1. The molecule has 0 bridgehead atoms. The predicted octanol–water partition coefficient (Wildman–Crippen LogP) is 2.06. The van der Waals surface area contributed by atoms with Crippen molar-refractivity contribution in [2.75, 3.05) is 6.54 Å². The molecule has 1 aliphatic carbocycles. The summed E-state index contributed by atoms with van der Waals surface area (Å²) in [5.74, 6) is 0.795. The number of nitrogens with zero attached hydrogens (tertiary/aromatic N) is 2. The second kappa shape index (κ2) is 3.95. The van der Waals surface area contributed by atoms with Crippen LogP contribution in [-0.4, -0.2) is 16.1 Å². The molecule has 0 atom stereocenters. The van der Waals surface area contributed by atoms with Gasteiger partial charge in [-0.1, -0.05) is 18.3 Å². The van der Waals surface area contributed by atoms with E-state index < -0.39 is 0 Å². The predicted molar refractivity (Wildman–Crippen MR) is 58.1 cm³/mol. The van der Waals surface area contributed by atoms with E-state index in [1.807, 2.05) is 5.38 Å². The summed E-state index contributed by atoms with van der Waals surface area (Å²) in [5.41, 5.74) is 1.65. The van der Waals surface area contributed by atoms with Crippen molar-refractivity contribution in [1.29, 1.82) is 0 Å². The van der Waals surface area contributed by atoms with E-state index in [1.54, 1.807) is 0 Å². The van der Waals surface area contributed by atoms with Crippen LogP contribution in [0.1, 0.15) is 32.4 Å². The van der Waals surface area contributed by atoms with Crippen LogP contribution in [0.15, 0.2) is 5.38 Å². The van der Waals surface area contributed by atoms with E-state index in [2.05, 4.69) is 28.8 Å². The lowest BCUT2D eigenvalue weighted by Crippen LogP contribution is -2.27. The molecule has 0 unspecified atom stereocenters. The summed E-state index contributed by atoms with van der Waals surface area (Å²) in [6.07, 6.45) is 2.76. The van der Waals surface area contributed by atoms with Crippen LogP contribution in [-0.2, 0) is 6.54 Å². The average Bonchev–Trinajstić information content (AvgIpc) is 2.76. The molecule has 1 aliphatic rings. The highest BCUT2D eigenvalue weighted by molar-refractivity contribution is 7.03. The minimum absolute atomic E-state index is 0.587. The maximum absolute atomic E-state index is 4.01. The summed E-state index contributed by atoms with van der Waals surface area (Å²) in [4.78, 5) is 0. The van der Waals surface area contributed by atoms with Gasteiger partial charge in [-0.2, -0.15) is 0 Å². The smallest absolute Gasteiger partial charge is 0.0893 e. The van der Waals surface area contributed by atoms with Crippen molar-refractivity contribution < 1.29 is 0 Å². The van der Waals surface area contributed by atoms with Crippen LogP contribution in [0.2, 0.25) is 0 Å². The fourth-order valence-electron chi connectivity index (χ4n) is 1.82. The maximum Gasteiger partial charge on any atom is 0.0893 e. The van der Waals surface area contributed by atoms with Crippen LogP contribution in [0.5, 0.6) is 0 Å². The molecule has 0 aliphatic heterocycles.